The SMILES string of the molecule is N#Cc1cccc2c1CCc1nccc(Cl)c1C2. The van der Waals surface area contributed by atoms with E-state index in [0.717, 1.165) is 46.7 Å². The largest absolute Gasteiger partial charge is 0.261 e. The van der Waals surface area contributed by atoms with Crippen molar-refractivity contribution in [1.29, 1.82) is 5.26 Å². The van der Waals surface area contributed by atoms with Gasteiger partial charge in [-0.3, -0.25) is 4.98 Å². The first kappa shape index (κ1) is 11.3. The molecule has 1 aromatic carbocycles. The molecule has 3 rings (SSSR count). The van der Waals surface area contributed by atoms with Crippen LogP contribution in [0.1, 0.15) is 27.9 Å². The lowest BCUT2D eigenvalue weighted by atomic mass is 9.97. The van der Waals surface area contributed by atoms with Crippen molar-refractivity contribution < 1.29 is 0 Å². The smallest absolute Gasteiger partial charge is 0.0994 e. The van der Waals surface area contributed by atoms with Gasteiger partial charge in [-0.25, -0.2) is 0 Å². The molecule has 2 nitrogen and oxygen atoms in total. The Bertz CT molecular complexity index is 656. The van der Waals surface area contributed by atoms with E-state index in [9.17, 15) is 0 Å². The number of benzene rings is 1. The molecule has 1 heterocycles. The third-order valence-corrected chi connectivity index (χ3v) is 3.81. The zero-order chi connectivity index (χ0) is 12.5. The minimum atomic E-state index is 0.771. The lowest BCUT2D eigenvalue weighted by molar-refractivity contribution is 0.914. The van der Waals surface area contributed by atoms with Crippen LogP contribution in [0.2, 0.25) is 5.02 Å². The van der Waals surface area contributed by atoms with Crippen molar-refractivity contribution in [2.45, 2.75) is 19.3 Å². The van der Waals surface area contributed by atoms with Crippen LogP contribution in [-0.4, -0.2) is 4.98 Å². The molecule has 0 bridgehead atoms. The van der Waals surface area contributed by atoms with Crippen molar-refractivity contribution in [1.82, 2.24) is 4.98 Å². The third-order valence-electron chi connectivity index (χ3n) is 3.46. The van der Waals surface area contributed by atoms with Crippen LogP contribution >= 0.6 is 11.6 Å². The highest BCUT2D eigenvalue weighted by atomic mass is 35.5. The van der Waals surface area contributed by atoms with Gasteiger partial charge in [-0.15, -0.1) is 0 Å². The summed E-state index contributed by atoms with van der Waals surface area (Å²) in [4.78, 5) is 4.41. The van der Waals surface area contributed by atoms with Crippen molar-refractivity contribution in [2.75, 3.05) is 0 Å². The molecule has 1 aromatic heterocycles. The molecule has 0 N–H and O–H groups in total. The van der Waals surface area contributed by atoms with Crippen LogP contribution in [0.4, 0.5) is 0 Å². The van der Waals surface area contributed by atoms with Crippen LogP contribution in [-0.2, 0) is 19.3 Å². The predicted molar refractivity (Wildman–Crippen MR) is 70.6 cm³/mol. The fourth-order valence-electron chi connectivity index (χ4n) is 2.55. The quantitative estimate of drug-likeness (QED) is 0.723. The van der Waals surface area contributed by atoms with Crippen molar-refractivity contribution >= 4 is 11.6 Å². The molecule has 0 fully saturated rings. The van der Waals surface area contributed by atoms with E-state index in [1.807, 2.05) is 18.2 Å². The molecule has 0 radical (unpaired) electrons. The Balaban J connectivity index is 2.16. The van der Waals surface area contributed by atoms with E-state index in [4.69, 9.17) is 16.9 Å². The van der Waals surface area contributed by atoms with Gasteiger partial charge in [-0.2, -0.15) is 5.26 Å². The molecular weight excluding hydrogens is 244 g/mol. The van der Waals surface area contributed by atoms with Crippen LogP contribution in [0.15, 0.2) is 30.5 Å². The van der Waals surface area contributed by atoms with E-state index in [1.54, 1.807) is 6.20 Å². The first-order valence-electron chi connectivity index (χ1n) is 5.92. The summed E-state index contributed by atoms with van der Waals surface area (Å²) in [6.45, 7) is 0. The number of hydrogen-bond donors (Lipinski definition) is 0. The van der Waals surface area contributed by atoms with E-state index in [0.29, 0.717) is 0 Å². The highest BCUT2D eigenvalue weighted by Crippen LogP contribution is 2.29. The normalized spacial score (nSPS) is 13.1. The Morgan fingerprint density at radius 3 is 2.89 bits per heavy atom. The fraction of sp³-hybridized carbons (Fsp3) is 0.200. The van der Waals surface area contributed by atoms with E-state index < -0.39 is 0 Å². The van der Waals surface area contributed by atoms with Crippen LogP contribution in [0.5, 0.6) is 0 Å². The number of aromatic nitrogens is 1. The summed E-state index contributed by atoms with van der Waals surface area (Å²) in [5.74, 6) is 0. The third kappa shape index (κ3) is 1.77. The minimum Gasteiger partial charge on any atom is -0.261 e. The maximum absolute atomic E-state index is 9.17. The first-order chi connectivity index (χ1) is 8.79. The lowest BCUT2D eigenvalue weighted by Gasteiger charge is -2.07. The maximum Gasteiger partial charge on any atom is 0.0994 e. The summed E-state index contributed by atoms with van der Waals surface area (Å²) < 4.78 is 0. The summed E-state index contributed by atoms with van der Waals surface area (Å²) in [5.41, 5.74) is 5.28. The topological polar surface area (TPSA) is 36.7 Å². The molecule has 1 aliphatic rings. The molecule has 0 unspecified atom stereocenters. The van der Waals surface area contributed by atoms with Gasteiger partial charge in [0, 0.05) is 23.3 Å². The van der Waals surface area contributed by atoms with Gasteiger partial charge in [0.15, 0.2) is 0 Å². The second kappa shape index (κ2) is 4.44. The van der Waals surface area contributed by atoms with Gasteiger partial charge in [0.2, 0.25) is 0 Å². The maximum atomic E-state index is 9.17. The van der Waals surface area contributed by atoms with Gasteiger partial charge in [0.25, 0.3) is 0 Å². The number of fused-ring (bicyclic) bond motifs is 2. The standard InChI is InChI=1S/C15H11ClN2/c16-14-6-7-18-15-5-4-12-10(8-13(14)15)2-1-3-11(12)9-17/h1-3,6-7H,4-5,8H2. The minimum absolute atomic E-state index is 0.771. The second-order valence-corrected chi connectivity index (χ2v) is 4.86. The molecule has 0 saturated heterocycles. The summed E-state index contributed by atoms with van der Waals surface area (Å²) >= 11 is 6.25. The van der Waals surface area contributed by atoms with Gasteiger partial charge in [-0.1, -0.05) is 23.7 Å². The van der Waals surface area contributed by atoms with Crippen LogP contribution in [0.3, 0.4) is 0 Å². The van der Waals surface area contributed by atoms with Crippen LogP contribution in [0.25, 0.3) is 0 Å². The molecule has 1 aliphatic carbocycles. The Hall–Kier alpha value is -1.85. The number of pyridine rings is 1. The fourth-order valence-corrected chi connectivity index (χ4v) is 2.78. The molecular formula is C15H11ClN2. The van der Waals surface area contributed by atoms with Crippen molar-refractivity contribution in [2.24, 2.45) is 0 Å². The van der Waals surface area contributed by atoms with E-state index in [-0.39, 0.29) is 0 Å². The summed E-state index contributed by atoms with van der Waals surface area (Å²) in [5, 5.41) is 9.94. The zero-order valence-corrected chi connectivity index (χ0v) is 10.5. The van der Waals surface area contributed by atoms with Crippen molar-refractivity contribution in [3.63, 3.8) is 0 Å². The Kier molecular flexibility index (Phi) is 2.77. The monoisotopic (exact) mass is 254 g/mol. The van der Waals surface area contributed by atoms with E-state index in [2.05, 4.69) is 17.1 Å². The van der Waals surface area contributed by atoms with Crippen LogP contribution in [0, 0.1) is 11.3 Å². The molecule has 0 amide bonds. The highest BCUT2D eigenvalue weighted by Gasteiger charge is 2.18. The van der Waals surface area contributed by atoms with Gasteiger partial charge in [-0.05, 0) is 41.7 Å². The zero-order valence-electron chi connectivity index (χ0n) is 9.78. The average molecular weight is 255 g/mol. The summed E-state index contributed by atoms with van der Waals surface area (Å²) in [6, 6.07) is 10.00. The van der Waals surface area contributed by atoms with Gasteiger partial charge in [0.1, 0.15) is 0 Å². The van der Waals surface area contributed by atoms with Gasteiger partial charge in [0.05, 0.1) is 11.6 Å². The van der Waals surface area contributed by atoms with Crippen LogP contribution < -0.4 is 0 Å². The van der Waals surface area contributed by atoms with Crippen molar-refractivity contribution in [3.8, 4) is 6.07 Å². The molecule has 2 aromatic rings. The Morgan fingerprint density at radius 1 is 1.17 bits per heavy atom. The molecule has 3 heteroatoms. The number of halogens is 1. The summed E-state index contributed by atoms with van der Waals surface area (Å²) in [6.07, 6.45) is 4.23. The predicted octanol–water partition coefficient (Wildman–Crippen LogP) is 3.30. The Morgan fingerprint density at radius 2 is 2.06 bits per heavy atom. The first-order valence-corrected chi connectivity index (χ1v) is 6.30. The number of nitriles is 1. The Labute approximate surface area is 111 Å². The van der Waals surface area contributed by atoms with E-state index in [1.165, 1.54) is 5.56 Å². The lowest BCUT2D eigenvalue weighted by Crippen LogP contribution is -1.96. The van der Waals surface area contributed by atoms with E-state index >= 15 is 0 Å². The number of aryl methyl sites for hydroxylation is 1. The molecule has 18 heavy (non-hydrogen) atoms. The van der Waals surface area contributed by atoms with Gasteiger partial charge < -0.3 is 0 Å². The van der Waals surface area contributed by atoms with Crippen molar-refractivity contribution in [3.05, 3.63) is 63.4 Å². The molecule has 0 atom stereocenters. The van der Waals surface area contributed by atoms with Gasteiger partial charge >= 0.3 is 0 Å². The highest BCUT2D eigenvalue weighted by molar-refractivity contribution is 6.31. The number of rotatable bonds is 0. The molecule has 0 saturated carbocycles. The molecule has 0 aliphatic heterocycles. The molecule has 88 valence electrons. The molecule has 0 spiro atoms. The number of nitrogens with zero attached hydrogens (tertiary/aromatic N) is 2. The number of hydrogen-bond acceptors (Lipinski definition) is 2. The second-order valence-electron chi connectivity index (χ2n) is 4.45. The summed E-state index contributed by atoms with van der Waals surface area (Å²) in [7, 11) is 0. The average Bonchev–Trinajstić information content (AvgIpc) is 2.59.